The summed E-state index contributed by atoms with van der Waals surface area (Å²) in [6, 6.07) is 6.39. The van der Waals surface area contributed by atoms with E-state index in [1.54, 1.807) is 18.2 Å². The van der Waals surface area contributed by atoms with E-state index in [9.17, 15) is 13.2 Å². The molecule has 2 aromatic rings. The lowest BCUT2D eigenvalue weighted by Gasteiger charge is -2.26. The predicted octanol–water partition coefficient (Wildman–Crippen LogP) is 2.99. The molecule has 31 heavy (non-hydrogen) atoms. The van der Waals surface area contributed by atoms with Crippen molar-refractivity contribution < 1.29 is 17.6 Å². The lowest BCUT2D eigenvalue weighted by molar-refractivity contribution is -0.113. The van der Waals surface area contributed by atoms with Crippen LogP contribution in [0.15, 0.2) is 38.8 Å². The van der Waals surface area contributed by atoms with Crippen LogP contribution in [0.3, 0.4) is 0 Å². The van der Waals surface area contributed by atoms with E-state index in [-0.39, 0.29) is 22.6 Å². The van der Waals surface area contributed by atoms with Crippen molar-refractivity contribution in [2.75, 3.05) is 38.3 Å². The molecule has 1 aromatic heterocycles. The summed E-state index contributed by atoms with van der Waals surface area (Å²) in [5, 5.41) is 11.1. The van der Waals surface area contributed by atoms with Crippen molar-refractivity contribution in [2.24, 2.45) is 0 Å². The van der Waals surface area contributed by atoms with Crippen LogP contribution in [-0.4, -0.2) is 66.7 Å². The van der Waals surface area contributed by atoms with E-state index in [1.807, 2.05) is 25.9 Å². The molecule has 1 N–H and O–H groups in total. The third-order valence-electron chi connectivity index (χ3n) is 5.11. The maximum Gasteiger partial charge on any atom is 0.277 e. The number of nitrogens with one attached hydrogen (secondary N) is 1. The number of carbonyl (C=O) groups is 1. The van der Waals surface area contributed by atoms with Crippen molar-refractivity contribution in [3.8, 4) is 0 Å². The van der Waals surface area contributed by atoms with E-state index in [0.717, 1.165) is 37.4 Å². The van der Waals surface area contributed by atoms with Gasteiger partial charge in [0.05, 0.1) is 16.7 Å². The third kappa shape index (κ3) is 6.06. The van der Waals surface area contributed by atoms with Gasteiger partial charge < -0.3 is 9.73 Å². The van der Waals surface area contributed by atoms with Gasteiger partial charge >= 0.3 is 0 Å². The van der Waals surface area contributed by atoms with Crippen LogP contribution < -0.4 is 5.32 Å². The summed E-state index contributed by atoms with van der Waals surface area (Å²) < 4.78 is 32.9. The van der Waals surface area contributed by atoms with E-state index in [1.165, 1.54) is 10.4 Å². The van der Waals surface area contributed by atoms with E-state index in [2.05, 4.69) is 15.5 Å². The predicted molar refractivity (Wildman–Crippen MR) is 119 cm³/mol. The molecular formula is C20H29N5O4S2. The van der Waals surface area contributed by atoms with E-state index in [0.29, 0.717) is 29.9 Å². The molecule has 1 aliphatic heterocycles. The second-order valence-electron chi connectivity index (χ2n) is 7.62. The number of aromatic nitrogens is 2. The number of benzene rings is 1. The SMILES string of the molecule is CC[C@@H](c1nnc(SCC(=O)Nc2cccc(S(=O)(=O)N3CCCCC3)c2)o1)N(C)C. The monoisotopic (exact) mass is 467 g/mol. The number of anilines is 1. The standard InChI is InChI=1S/C20H29N5O4S2/c1-4-17(24(2)3)19-22-23-20(29-19)30-14-18(26)21-15-9-8-10-16(13-15)31(27,28)25-11-6-5-7-12-25/h8-10,13,17H,4-7,11-12,14H2,1-3H3,(H,21,26)/t17-/m0/s1. The van der Waals surface area contributed by atoms with Gasteiger partial charge in [-0.1, -0.05) is 31.2 Å². The zero-order valence-corrected chi connectivity index (χ0v) is 19.7. The Balaban J connectivity index is 1.59. The van der Waals surface area contributed by atoms with Crippen LogP contribution in [0.25, 0.3) is 0 Å². The largest absolute Gasteiger partial charge is 0.414 e. The average Bonchev–Trinajstić information content (AvgIpc) is 3.22. The molecule has 1 amide bonds. The summed E-state index contributed by atoms with van der Waals surface area (Å²) >= 11 is 1.14. The Morgan fingerprint density at radius 2 is 2.00 bits per heavy atom. The van der Waals surface area contributed by atoms with Crippen LogP contribution in [0.2, 0.25) is 0 Å². The quantitative estimate of drug-likeness (QED) is 0.561. The highest BCUT2D eigenvalue weighted by atomic mass is 32.2. The Kier molecular flexibility index (Phi) is 8.09. The first-order valence-corrected chi connectivity index (χ1v) is 12.8. The Morgan fingerprint density at radius 1 is 1.26 bits per heavy atom. The fourth-order valence-electron chi connectivity index (χ4n) is 3.49. The number of piperidine rings is 1. The van der Waals surface area contributed by atoms with Crippen molar-refractivity contribution >= 4 is 33.4 Å². The van der Waals surface area contributed by atoms with Crippen LogP contribution in [0.5, 0.6) is 0 Å². The van der Waals surface area contributed by atoms with Crippen LogP contribution in [0, 0.1) is 0 Å². The molecular weight excluding hydrogens is 438 g/mol. The fraction of sp³-hybridized carbons (Fsp3) is 0.550. The Bertz CT molecular complexity index is 987. The van der Waals surface area contributed by atoms with Gasteiger partial charge in [0, 0.05) is 18.8 Å². The summed E-state index contributed by atoms with van der Waals surface area (Å²) in [4.78, 5) is 14.6. The normalized spacial score (nSPS) is 16.4. The number of hydrogen-bond acceptors (Lipinski definition) is 8. The third-order valence-corrected chi connectivity index (χ3v) is 7.83. The van der Waals surface area contributed by atoms with Gasteiger partial charge in [-0.25, -0.2) is 8.42 Å². The number of amides is 1. The maximum absolute atomic E-state index is 12.8. The molecule has 0 saturated carbocycles. The topological polar surface area (TPSA) is 109 Å². The minimum atomic E-state index is -3.55. The fourth-order valence-corrected chi connectivity index (χ4v) is 5.62. The average molecular weight is 468 g/mol. The number of carbonyl (C=O) groups excluding carboxylic acids is 1. The Labute approximate surface area is 187 Å². The number of rotatable bonds is 9. The molecule has 1 atom stereocenters. The summed E-state index contributed by atoms with van der Waals surface area (Å²) in [7, 11) is 0.334. The Morgan fingerprint density at radius 3 is 2.68 bits per heavy atom. The molecule has 1 fully saturated rings. The number of thioether (sulfide) groups is 1. The van der Waals surface area contributed by atoms with E-state index >= 15 is 0 Å². The van der Waals surface area contributed by atoms with E-state index < -0.39 is 10.0 Å². The van der Waals surface area contributed by atoms with Gasteiger partial charge in [-0.05, 0) is 51.6 Å². The molecule has 1 saturated heterocycles. The van der Waals surface area contributed by atoms with Gasteiger partial charge in [-0.2, -0.15) is 4.31 Å². The lowest BCUT2D eigenvalue weighted by atomic mass is 10.2. The smallest absolute Gasteiger partial charge is 0.277 e. The number of nitrogens with zero attached hydrogens (tertiary/aromatic N) is 4. The van der Waals surface area contributed by atoms with Gasteiger partial charge in [0.1, 0.15) is 0 Å². The molecule has 170 valence electrons. The number of hydrogen-bond donors (Lipinski definition) is 1. The lowest BCUT2D eigenvalue weighted by Crippen LogP contribution is -2.35. The van der Waals surface area contributed by atoms with Gasteiger partial charge in [0.15, 0.2) is 0 Å². The van der Waals surface area contributed by atoms with Gasteiger partial charge in [0.25, 0.3) is 5.22 Å². The van der Waals surface area contributed by atoms with Crippen molar-refractivity contribution in [3.63, 3.8) is 0 Å². The molecule has 2 heterocycles. The van der Waals surface area contributed by atoms with Crippen LogP contribution in [0.4, 0.5) is 5.69 Å². The van der Waals surface area contributed by atoms with Crippen LogP contribution in [-0.2, 0) is 14.8 Å². The first-order chi connectivity index (χ1) is 14.8. The van der Waals surface area contributed by atoms with Gasteiger partial charge in [-0.15, -0.1) is 10.2 Å². The van der Waals surface area contributed by atoms with Crippen molar-refractivity contribution in [1.82, 2.24) is 19.4 Å². The Hall–Kier alpha value is -1.95. The summed E-state index contributed by atoms with van der Waals surface area (Å²) in [5.41, 5.74) is 0.438. The molecule has 0 bridgehead atoms. The maximum atomic E-state index is 12.8. The van der Waals surface area contributed by atoms with Crippen molar-refractivity contribution in [1.29, 1.82) is 0 Å². The second-order valence-corrected chi connectivity index (χ2v) is 10.5. The van der Waals surface area contributed by atoms with Gasteiger partial charge in [-0.3, -0.25) is 9.69 Å². The molecule has 9 nitrogen and oxygen atoms in total. The highest BCUT2D eigenvalue weighted by Crippen LogP contribution is 2.25. The first kappa shape index (κ1) is 23.7. The summed E-state index contributed by atoms with van der Waals surface area (Å²) in [6.07, 6.45) is 3.63. The van der Waals surface area contributed by atoms with Crippen molar-refractivity contribution in [2.45, 2.75) is 48.8 Å². The minimum absolute atomic E-state index is 0.0280. The molecule has 3 rings (SSSR count). The van der Waals surface area contributed by atoms with E-state index in [4.69, 9.17) is 4.42 Å². The molecule has 1 aliphatic rings. The molecule has 1 aromatic carbocycles. The van der Waals surface area contributed by atoms with Crippen LogP contribution in [0.1, 0.15) is 44.5 Å². The molecule has 0 aliphatic carbocycles. The summed E-state index contributed by atoms with van der Waals surface area (Å²) in [5.74, 6) is 0.312. The molecule has 11 heteroatoms. The highest BCUT2D eigenvalue weighted by molar-refractivity contribution is 7.99. The zero-order valence-electron chi connectivity index (χ0n) is 18.1. The summed E-state index contributed by atoms with van der Waals surface area (Å²) in [6.45, 7) is 3.11. The molecule has 0 radical (unpaired) electrons. The molecule has 0 unspecified atom stereocenters. The van der Waals surface area contributed by atoms with Crippen molar-refractivity contribution in [3.05, 3.63) is 30.2 Å². The zero-order chi connectivity index (χ0) is 22.4. The first-order valence-electron chi connectivity index (χ1n) is 10.3. The second kappa shape index (κ2) is 10.6. The number of sulfonamides is 1. The molecule has 0 spiro atoms. The highest BCUT2D eigenvalue weighted by Gasteiger charge is 2.26. The van der Waals surface area contributed by atoms with Crippen LogP contribution >= 0.6 is 11.8 Å². The van der Waals surface area contributed by atoms with Gasteiger partial charge in [0.2, 0.25) is 21.8 Å². The minimum Gasteiger partial charge on any atom is -0.414 e.